The summed E-state index contributed by atoms with van der Waals surface area (Å²) in [7, 11) is 0. The van der Waals surface area contributed by atoms with Gasteiger partial charge in [-0.3, -0.25) is 9.59 Å². The standard InChI is InChI=1S/C20H23FN4O3/c1-14(26)24-9-11-25(12-10-24)19-16(3-2-8-22-19)13-23-20(28)18(27)15-4-6-17(21)7-5-15/h2-8,18,27H,9-13H2,1H3,(H,23,28)/t18-/m1/s1. The van der Waals surface area contributed by atoms with E-state index in [0.717, 1.165) is 11.4 Å². The van der Waals surface area contributed by atoms with E-state index in [1.807, 2.05) is 6.07 Å². The number of benzene rings is 1. The van der Waals surface area contributed by atoms with Crippen LogP contribution in [0.4, 0.5) is 10.2 Å². The van der Waals surface area contributed by atoms with Crippen molar-refractivity contribution in [1.82, 2.24) is 15.2 Å². The number of aromatic nitrogens is 1. The van der Waals surface area contributed by atoms with Crippen LogP contribution in [0.15, 0.2) is 42.6 Å². The minimum absolute atomic E-state index is 0.0583. The van der Waals surface area contributed by atoms with E-state index in [9.17, 15) is 19.1 Å². The summed E-state index contributed by atoms with van der Waals surface area (Å²) >= 11 is 0. The number of carbonyl (C=O) groups excluding carboxylic acids is 2. The van der Waals surface area contributed by atoms with Gasteiger partial charge in [-0.05, 0) is 23.8 Å². The fourth-order valence-corrected chi connectivity index (χ4v) is 3.16. The summed E-state index contributed by atoms with van der Waals surface area (Å²) in [6.07, 6.45) is 0.311. The zero-order valence-electron chi connectivity index (χ0n) is 15.6. The molecule has 3 rings (SSSR count). The lowest BCUT2D eigenvalue weighted by Crippen LogP contribution is -2.48. The zero-order chi connectivity index (χ0) is 20.1. The first-order chi connectivity index (χ1) is 13.5. The summed E-state index contributed by atoms with van der Waals surface area (Å²) in [5.74, 6) is -0.186. The van der Waals surface area contributed by atoms with Crippen molar-refractivity contribution in [2.24, 2.45) is 0 Å². The molecule has 0 saturated carbocycles. The summed E-state index contributed by atoms with van der Waals surface area (Å²) in [6, 6.07) is 8.81. The van der Waals surface area contributed by atoms with Crippen molar-refractivity contribution in [2.75, 3.05) is 31.1 Å². The minimum Gasteiger partial charge on any atom is -0.378 e. The van der Waals surface area contributed by atoms with Crippen LogP contribution in [-0.4, -0.2) is 53.0 Å². The summed E-state index contributed by atoms with van der Waals surface area (Å²) in [6.45, 7) is 4.34. The summed E-state index contributed by atoms with van der Waals surface area (Å²) in [5.41, 5.74) is 1.14. The van der Waals surface area contributed by atoms with Crippen molar-refractivity contribution in [3.63, 3.8) is 0 Å². The molecule has 1 fully saturated rings. The van der Waals surface area contributed by atoms with Crippen LogP contribution in [0.3, 0.4) is 0 Å². The molecule has 2 aromatic rings. The first-order valence-electron chi connectivity index (χ1n) is 9.11. The van der Waals surface area contributed by atoms with Gasteiger partial charge in [-0.25, -0.2) is 9.37 Å². The van der Waals surface area contributed by atoms with Gasteiger partial charge in [0.25, 0.3) is 5.91 Å². The number of nitrogens with zero attached hydrogens (tertiary/aromatic N) is 3. The van der Waals surface area contributed by atoms with Gasteiger partial charge < -0.3 is 20.2 Å². The average molecular weight is 386 g/mol. The van der Waals surface area contributed by atoms with Gasteiger partial charge in [-0.1, -0.05) is 18.2 Å². The number of carbonyl (C=O) groups is 2. The van der Waals surface area contributed by atoms with Crippen LogP contribution >= 0.6 is 0 Å². The second-order valence-electron chi connectivity index (χ2n) is 6.65. The first kappa shape index (κ1) is 19.8. The number of hydrogen-bond donors (Lipinski definition) is 2. The number of piperazine rings is 1. The third-order valence-corrected chi connectivity index (χ3v) is 4.78. The van der Waals surface area contributed by atoms with Crippen molar-refractivity contribution in [3.05, 3.63) is 59.5 Å². The molecule has 0 bridgehead atoms. The number of rotatable bonds is 5. The van der Waals surface area contributed by atoms with Gasteiger partial charge in [-0.2, -0.15) is 0 Å². The molecule has 2 heterocycles. The Labute approximate surface area is 162 Å². The lowest BCUT2D eigenvalue weighted by molar-refractivity contribution is -0.130. The van der Waals surface area contributed by atoms with E-state index in [2.05, 4.69) is 15.2 Å². The molecule has 0 spiro atoms. The molecule has 1 aromatic carbocycles. The maximum Gasteiger partial charge on any atom is 0.253 e. The number of aliphatic hydroxyl groups is 1. The van der Waals surface area contributed by atoms with Crippen LogP contribution < -0.4 is 10.2 Å². The fourth-order valence-electron chi connectivity index (χ4n) is 3.16. The number of pyridine rings is 1. The molecule has 7 nitrogen and oxygen atoms in total. The highest BCUT2D eigenvalue weighted by Crippen LogP contribution is 2.20. The van der Waals surface area contributed by atoms with Gasteiger partial charge in [0.05, 0.1) is 0 Å². The Hall–Kier alpha value is -3.00. The quantitative estimate of drug-likeness (QED) is 0.808. The smallest absolute Gasteiger partial charge is 0.253 e. The molecular weight excluding hydrogens is 363 g/mol. The van der Waals surface area contributed by atoms with Crippen molar-refractivity contribution >= 4 is 17.6 Å². The van der Waals surface area contributed by atoms with E-state index in [1.54, 1.807) is 24.1 Å². The lowest BCUT2D eigenvalue weighted by atomic mass is 10.1. The number of amides is 2. The number of nitrogens with one attached hydrogen (secondary N) is 1. The van der Waals surface area contributed by atoms with Crippen molar-refractivity contribution in [1.29, 1.82) is 0 Å². The molecule has 8 heteroatoms. The van der Waals surface area contributed by atoms with Crippen LogP contribution in [0.1, 0.15) is 24.2 Å². The molecule has 2 amide bonds. The Balaban J connectivity index is 1.63. The maximum absolute atomic E-state index is 13.0. The Morgan fingerprint density at radius 2 is 1.86 bits per heavy atom. The van der Waals surface area contributed by atoms with Crippen LogP contribution in [0.25, 0.3) is 0 Å². The highest BCUT2D eigenvalue weighted by atomic mass is 19.1. The zero-order valence-corrected chi connectivity index (χ0v) is 15.6. The van der Waals surface area contributed by atoms with Crippen LogP contribution in [-0.2, 0) is 16.1 Å². The molecule has 0 unspecified atom stereocenters. The monoisotopic (exact) mass is 386 g/mol. The average Bonchev–Trinajstić information content (AvgIpc) is 2.72. The third kappa shape index (κ3) is 4.64. The molecule has 1 saturated heterocycles. The van der Waals surface area contributed by atoms with E-state index in [1.165, 1.54) is 24.3 Å². The molecule has 0 aliphatic carbocycles. The lowest BCUT2D eigenvalue weighted by Gasteiger charge is -2.35. The summed E-state index contributed by atoms with van der Waals surface area (Å²) in [4.78, 5) is 32.1. The minimum atomic E-state index is -1.38. The Bertz CT molecular complexity index is 836. The van der Waals surface area contributed by atoms with Gasteiger partial charge in [0.2, 0.25) is 5.91 Å². The normalized spacial score (nSPS) is 15.2. The Morgan fingerprint density at radius 1 is 1.18 bits per heavy atom. The predicted octanol–water partition coefficient (Wildman–Crippen LogP) is 1.24. The highest BCUT2D eigenvalue weighted by molar-refractivity contribution is 5.82. The largest absolute Gasteiger partial charge is 0.378 e. The van der Waals surface area contributed by atoms with Crippen LogP contribution in [0.5, 0.6) is 0 Å². The van der Waals surface area contributed by atoms with Crippen LogP contribution in [0, 0.1) is 5.82 Å². The number of aliphatic hydroxyl groups excluding tert-OH is 1. The summed E-state index contributed by atoms with van der Waals surface area (Å²) < 4.78 is 13.0. The van der Waals surface area contributed by atoms with E-state index in [4.69, 9.17) is 0 Å². The van der Waals surface area contributed by atoms with Gasteiger partial charge in [0, 0.05) is 51.4 Å². The molecule has 1 aromatic heterocycles. The first-order valence-corrected chi connectivity index (χ1v) is 9.11. The molecule has 0 radical (unpaired) electrons. The van der Waals surface area contributed by atoms with E-state index >= 15 is 0 Å². The highest BCUT2D eigenvalue weighted by Gasteiger charge is 2.22. The number of hydrogen-bond acceptors (Lipinski definition) is 5. The number of anilines is 1. The molecule has 1 atom stereocenters. The molecule has 2 N–H and O–H groups in total. The second kappa shape index (κ2) is 8.79. The van der Waals surface area contributed by atoms with Gasteiger partial charge >= 0.3 is 0 Å². The third-order valence-electron chi connectivity index (χ3n) is 4.78. The van der Waals surface area contributed by atoms with Crippen LogP contribution in [0.2, 0.25) is 0 Å². The van der Waals surface area contributed by atoms with Crippen molar-refractivity contribution in [2.45, 2.75) is 19.6 Å². The van der Waals surface area contributed by atoms with E-state index in [-0.39, 0.29) is 12.5 Å². The predicted molar refractivity (Wildman–Crippen MR) is 102 cm³/mol. The van der Waals surface area contributed by atoms with Gasteiger partial charge in [0.15, 0.2) is 6.10 Å². The second-order valence-corrected chi connectivity index (χ2v) is 6.65. The van der Waals surface area contributed by atoms with E-state index < -0.39 is 17.8 Å². The SMILES string of the molecule is CC(=O)N1CCN(c2ncccc2CNC(=O)[C@H](O)c2ccc(F)cc2)CC1. The fraction of sp³-hybridized carbons (Fsp3) is 0.350. The molecular formula is C20H23FN4O3. The van der Waals surface area contributed by atoms with Crippen molar-refractivity contribution in [3.8, 4) is 0 Å². The van der Waals surface area contributed by atoms with Crippen molar-refractivity contribution < 1.29 is 19.1 Å². The van der Waals surface area contributed by atoms with Gasteiger partial charge in [0.1, 0.15) is 11.6 Å². The Morgan fingerprint density at radius 3 is 2.50 bits per heavy atom. The van der Waals surface area contributed by atoms with Gasteiger partial charge in [-0.15, -0.1) is 0 Å². The van der Waals surface area contributed by atoms with E-state index in [0.29, 0.717) is 31.7 Å². The topological polar surface area (TPSA) is 85.8 Å². The molecule has 28 heavy (non-hydrogen) atoms. The maximum atomic E-state index is 13.0. The number of halogens is 1. The molecule has 148 valence electrons. The molecule has 1 aliphatic heterocycles. The summed E-state index contributed by atoms with van der Waals surface area (Å²) in [5, 5.41) is 12.9. The Kier molecular flexibility index (Phi) is 6.20. The molecule has 1 aliphatic rings.